The van der Waals surface area contributed by atoms with Gasteiger partial charge in [0.2, 0.25) is 5.88 Å². The number of carbonyl (C=O) groups excluding carboxylic acids is 3. The third-order valence-electron chi connectivity index (χ3n) is 7.26. The number of methoxy groups -OCH3 is 1. The molecule has 49 heavy (non-hydrogen) atoms. The summed E-state index contributed by atoms with van der Waals surface area (Å²) in [5.74, 6) is -2.79. The van der Waals surface area contributed by atoms with Crippen LogP contribution in [0.4, 0.5) is 40.0 Å². The van der Waals surface area contributed by atoms with E-state index in [0.717, 1.165) is 5.56 Å². The fourth-order valence-corrected chi connectivity index (χ4v) is 5.33. The van der Waals surface area contributed by atoms with Crippen LogP contribution in [0.5, 0.6) is 0 Å². The summed E-state index contributed by atoms with van der Waals surface area (Å²) in [6, 6.07) is 2.25. The van der Waals surface area contributed by atoms with E-state index in [1.807, 2.05) is 0 Å². The Hall–Kier alpha value is -4.60. The number of aryl methyl sites for hydroxylation is 1. The first-order chi connectivity index (χ1) is 22.8. The fraction of sp³-hybridized carbons (Fsp3) is 0.545. The van der Waals surface area contributed by atoms with Crippen molar-refractivity contribution in [2.75, 3.05) is 42.3 Å². The number of aromatic nitrogens is 2. The number of furan rings is 1. The smallest absolute Gasteiger partial charge is 0.414 e. The maximum absolute atomic E-state index is 14.1. The van der Waals surface area contributed by atoms with Crippen LogP contribution < -0.4 is 20.9 Å². The number of alkyl halides is 3. The number of amides is 3. The van der Waals surface area contributed by atoms with Crippen LogP contribution in [0.1, 0.15) is 70.3 Å². The van der Waals surface area contributed by atoms with Crippen molar-refractivity contribution >= 4 is 46.5 Å². The second-order valence-electron chi connectivity index (χ2n) is 13.8. The molecule has 268 valence electrons. The maximum atomic E-state index is 14.1. The average Bonchev–Trinajstić information content (AvgIpc) is 3.31. The quantitative estimate of drug-likeness (QED) is 0.207. The minimum absolute atomic E-state index is 0.00774. The molecule has 4 heterocycles. The van der Waals surface area contributed by atoms with E-state index in [1.54, 1.807) is 60.9 Å². The average molecular weight is 693 g/mol. The van der Waals surface area contributed by atoms with Gasteiger partial charge in [0.1, 0.15) is 22.3 Å². The van der Waals surface area contributed by atoms with E-state index in [4.69, 9.17) is 18.6 Å². The Kier molecular flexibility index (Phi) is 11.3. The third-order valence-corrected chi connectivity index (χ3v) is 7.26. The van der Waals surface area contributed by atoms with Crippen molar-refractivity contribution in [1.29, 1.82) is 0 Å². The number of fused-ring (bicyclic) bond motifs is 1. The first-order valence-corrected chi connectivity index (χ1v) is 15.8. The molecule has 3 amide bonds. The molecule has 13 nitrogen and oxygen atoms in total. The number of alkyl carbamates (subject to hydrolysis) is 1. The Morgan fingerprint density at radius 2 is 1.69 bits per heavy atom. The van der Waals surface area contributed by atoms with Gasteiger partial charge in [0.25, 0.3) is 5.91 Å². The Labute approximate surface area is 282 Å². The molecule has 1 aliphatic rings. The number of rotatable bonds is 9. The summed E-state index contributed by atoms with van der Waals surface area (Å²) in [6.45, 7) is 10.1. The number of pyridine rings is 2. The standard InChI is InChI=1S/C33H43F3N6O7/c1-31(2,3)48-29(44)39-21-14-20(33(34,35)36)17-42(18-21)23-10-11-37-16-22(23)40-27(43)25-26-24(13-19(15-38-26)9-8-12-46-7)47-28(25)41-30(45)49-32(4,5)6/h10-11,13,15-16,20-21H,8-9,12,14,17-18H2,1-7H3,(H,39,44)(H,40,43)(H,41,45). The molecule has 0 radical (unpaired) electrons. The lowest BCUT2D eigenvalue weighted by Gasteiger charge is -2.40. The van der Waals surface area contributed by atoms with Crippen LogP contribution >= 0.6 is 0 Å². The number of piperidine rings is 1. The van der Waals surface area contributed by atoms with Gasteiger partial charge < -0.3 is 34.2 Å². The van der Waals surface area contributed by atoms with Gasteiger partial charge in [0.05, 0.1) is 29.5 Å². The number of nitrogens with zero attached hydrogens (tertiary/aromatic N) is 3. The molecule has 1 aliphatic heterocycles. The molecule has 0 spiro atoms. The molecule has 0 bridgehead atoms. The molecule has 4 rings (SSSR count). The Morgan fingerprint density at radius 3 is 2.35 bits per heavy atom. The number of ether oxygens (including phenoxy) is 3. The van der Waals surface area contributed by atoms with Gasteiger partial charge >= 0.3 is 18.4 Å². The molecule has 1 fully saturated rings. The Bertz CT molecular complexity index is 1650. The highest BCUT2D eigenvalue weighted by Gasteiger charge is 2.45. The fourth-order valence-electron chi connectivity index (χ4n) is 5.33. The second-order valence-corrected chi connectivity index (χ2v) is 13.8. The molecule has 0 aliphatic carbocycles. The molecule has 2 unspecified atom stereocenters. The van der Waals surface area contributed by atoms with Crippen molar-refractivity contribution in [2.45, 2.75) is 84.2 Å². The largest absolute Gasteiger partial charge is 0.444 e. The van der Waals surface area contributed by atoms with Crippen molar-refractivity contribution in [3.63, 3.8) is 0 Å². The highest BCUT2D eigenvalue weighted by Crippen LogP contribution is 2.38. The Balaban J connectivity index is 1.66. The van der Waals surface area contributed by atoms with Crippen LogP contribution in [0, 0.1) is 5.92 Å². The summed E-state index contributed by atoms with van der Waals surface area (Å²) in [5, 5.41) is 7.76. The van der Waals surface area contributed by atoms with E-state index < -0.39 is 54.0 Å². The van der Waals surface area contributed by atoms with Crippen molar-refractivity contribution in [3.8, 4) is 0 Å². The number of hydrogen-bond acceptors (Lipinski definition) is 10. The van der Waals surface area contributed by atoms with Gasteiger partial charge in [-0.2, -0.15) is 13.2 Å². The lowest BCUT2D eigenvalue weighted by atomic mass is 9.93. The zero-order valence-corrected chi connectivity index (χ0v) is 28.6. The molecule has 2 atom stereocenters. The van der Waals surface area contributed by atoms with E-state index in [1.165, 1.54) is 23.4 Å². The summed E-state index contributed by atoms with van der Waals surface area (Å²) in [5.41, 5.74) is -0.346. The maximum Gasteiger partial charge on any atom is 0.414 e. The van der Waals surface area contributed by atoms with Gasteiger partial charge in [-0.05, 0) is 78.5 Å². The minimum Gasteiger partial charge on any atom is -0.444 e. The monoisotopic (exact) mass is 692 g/mol. The predicted molar refractivity (Wildman–Crippen MR) is 176 cm³/mol. The van der Waals surface area contributed by atoms with Crippen molar-refractivity contribution in [3.05, 3.63) is 41.9 Å². The Morgan fingerprint density at radius 1 is 1.00 bits per heavy atom. The van der Waals surface area contributed by atoms with Crippen LogP contribution in [-0.4, -0.2) is 78.3 Å². The molecule has 1 saturated heterocycles. The van der Waals surface area contributed by atoms with Crippen LogP contribution in [0.3, 0.4) is 0 Å². The van der Waals surface area contributed by atoms with Crippen LogP contribution in [0.25, 0.3) is 11.1 Å². The lowest BCUT2D eigenvalue weighted by molar-refractivity contribution is -0.177. The van der Waals surface area contributed by atoms with Gasteiger partial charge in [0, 0.05) is 39.2 Å². The molecular formula is C33H43F3N6O7. The van der Waals surface area contributed by atoms with Crippen LogP contribution in [0.2, 0.25) is 0 Å². The van der Waals surface area contributed by atoms with Crippen LogP contribution in [0.15, 0.2) is 35.1 Å². The second kappa shape index (κ2) is 14.9. The van der Waals surface area contributed by atoms with Gasteiger partial charge in [-0.25, -0.2) is 9.59 Å². The molecule has 0 saturated carbocycles. The molecule has 3 N–H and O–H groups in total. The molecule has 0 aromatic carbocycles. The van der Waals surface area contributed by atoms with Crippen molar-refractivity contribution in [2.24, 2.45) is 5.92 Å². The van der Waals surface area contributed by atoms with Crippen molar-refractivity contribution in [1.82, 2.24) is 15.3 Å². The zero-order chi connectivity index (χ0) is 36.1. The molecule has 3 aromatic heterocycles. The van der Waals surface area contributed by atoms with Gasteiger partial charge in [0.15, 0.2) is 5.58 Å². The van der Waals surface area contributed by atoms with E-state index in [0.29, 0.717) is 19.4 Å². The van der Waals surface area contributed by atoms with Crippen LogP contribution in [-0.2, 0) is 20.6 Å². The summed E-state index contributed by atoms with van der Waals surface area (Å²) in [4.78, 5) is 49.1. The van der Waals surface area contributed by atoms with E-state index in [9.17, 15) is 27.6 Å². The number of hydrogen-bond donors (Lipinski definition) is 3. The molecule has 16 heteroatoms. The lowest BCUT2D eigenvalue weighted by Crippen LogP contribution is -2.54. The first-order valence-electron chi connectivity index (χ1n) is 15.8. The van der Waals surface area contributed by atoms with Crippen molar-refractivity contribution < 1.29 is 46.2 Å². The predicted octanol–water partition coefficient (Wildman–Crippen LogP) is 6.68. The van der Waals surface area contributed by atoms with Gasteiger partial charge in [-0.3, -0.25) is 20.1 Å². The zero-order valence-electron chi connectivity index (χ0n) is 28.6. The number of nitrogens with one attached hydrogen (secondary N) is 3. The topological polar surface area (TPSA) is 157 Å². The van der Waals surface area contributed by atoms with E-state index in [-0.39, 0.29) is 46.9 Å². The normalized spacial score (nSPS) is 17.1. The summed E-state index contributed by atoms with van der Waals surface area (Å²) in [7, 11) is 1.60. The third kappa shape index (κ3) is 10.4. The summed E-state index contributed by atoms with van der Waals surface area (Å²) < 4.78 is 64.0. The number of halogens is 3. The number of carbonyl (C=O) groups is 3. The van der Waals surface area contributed by atoms with Gasteiger partial charge in [-0.1, -0.05) is 0 Å². The number of anilines is 3. The summed E-state index contributed by atoms with van der Waals surface area (Å²) in [6.07, 6.45) is -1.04. The van der Waals surface area contributed by atoms with Gasteiger partial charge in [-0.15, -0.1) is 0 Å². The first kappa shape index (κ1) is 37.2. The molecule has 3 aromatic rings. The van der Waals surface area contributed by atoms with E-state index >= 15 is 0 Å². The van der Waals surface area contributed by atoms with E-state index in [2.05, 4.69) is 25.9 Å². The summed E-state index contributed by atoms with van der Waals surface area (Å²) >= 11 is 0. The SMILES string of the molecule is COCCCc1cnc2c(C(=O)Nc3cnccc3N3CC(NC(=O)OC(C)(C)C)CC(C(F)(F)F)C3)c(NC(=O)OC(C)(C)C)oc2c1. The molecular weight excluding hydrogens is 649 g/mol. The minimum atomic E-state index is -4.56. The highest BCUT2D eigenvalue weighted by molar-refractivity contribution is 6.16. The highest BCUT2D eigenvalue weighted by atomic mass is 19.4.